The summed E-state index contributed by atoms with van der Waals surface area (Å²) < 4.78 is 26.2. The van der Waals surface area contributed by atoms with E-state index in [1.807, 2.05) is 41.8 Å². The molecule has 0 fully saturated rings. The molecule has 1 aliphatic rings. The Balaban J connectivity index is 1.38. The summed E-state index contributed by atoms with van der Waals surface area (Å²) >= 11 is 0. The summed E-state index contributed by atoms with van der Waals surface area (Å²) in [6.07, 6.45) is 0. The molecule has 1 amide bonds. The Bertz CT molecular complexity index is 1280. The second-order valence-electron chi connectivity index (χ2n) is 7.05. The van der Waals surface area contributed by atoms with Gasteiger partial charge in [-0.3, -0.25) is 9.36 Å². The van der Waals surface area contributed by atoms with E-state index in [9.17, 15) is 9.18 Å². The van der Waals surface area contributed by atoms with Crippen molar-refractivity contribution in [2.24, 2.45) is 0 Å². The number of carbonyl (C=O) groups excluding carboxylic acids is 1. The minimum Gasteiger partial charge on any atom is -0.454 e. The second kappa shape index (κ2) is 7.18. The number of benzene rings is 3. The van der Waals surface area contributed by atoms with Crippen LogP contribution in [-0.2, 0) is 6.54 Å². The first-order valence-electron chi connectivity index (χ1n) is 9.50. The van der Waals surface area contributed by atoms with E-state index in [4.69, 9.17) is 9.47 Å². The van der Waals surface area contributed by atoms with E-state index >= 15 is 0 Å². The fourth-order valence-corrected chi connectivity index (χ4v) is 3.62. The van der Waals surface area contributed by atoms with Crippen LogP contribution in [-0.4, -0.2) is 22.3 Å². The zero-order chi connectivity index (χ0) is 20.7. The number of carbonyl (C=O) groups is 1. The van der Waals surface area contributed by atoms with Gasteiger partial charge in [0, 0.05) is 12.1 Å². The highest BCUT2D eigenvalue weighted by Crippen LogP contribution is 2.32. The smallest absolute Gasteiger partial charge is 0.251 e. The van der Waals surface area contributed by atoms with Gasteiger partial charge in [-0.05, 0) is 61.0 Å². The molecule has 150 valence electrons. The van der Waals surface area contributed by atoms with Gasteiger partial charge in [0.2, 0.25) is 6.79 Å². The molecule has 0 aliphatic carbocycles. The van der Waals surface area contributed by atoms with Gasteiger partial charge in [0.25, 0.3) is 5.91 Å². The standard InChI is InChI=1S/C23H18FN3O3/c1-14-26-19-10-16(6-7-20(19)27(14)18-4-2-3-17(24)11-18)23(28)25-12-15-5-8-21-22(9-15)30-13-29-21/h2-11H,12-13H2,1H3,(H,25,28). The first-order valence-corrected chi connectivity index (χ1v) is 9.50. The lowest BCUT2D eigenvalue weighted by Crippen LogP contribution is -2.22. The second-order valence-corrected chi connectivity index (χ2v) is 7.05. The topological polar surface area (TPSA) is 65.4 Å². The third kappa shape index (κ3) is 3.24. The van der Waals surface area contributed by atoms with Gasteiger partial charge in [-0.15, -0.1) is 0 Å². The maximum absolute atomic E-state index is 13.7. The first kappa shape index (κ1) is 18.2. The number of rotatable bonds is 4. The van der Waals surface area contributed by atoms with Gasteiger partial charge in [-0.25, -0.2) is 9.37 Å². The molecule has 0 bridgehead atoms. The van der Waals surface area contributed by atoms with Crippen molar-refractivity contribution in [1.82, 2.24) is 14.9 Å². The summed E-state index contributed by atoms with van der Waals surface area (Å²) in [6, 6.07) is 17.2. The van der Waals surface area contributed by atoms with Crippen LogP contribution < -0.4 is 14.8 Å². The van der Waals surface area contributed by atoms with Gasteiger partial charge in [0.1, 0.15) is 11.6 Å². The fraction of sp³-hybridized carbons (Fsp3) is 0.130. The molecule has 0 unspecified atom stereocenters. The van der Waals surface area contributed by atoms with E-state index in [2.05, 4.69) is 10.3 Å². The SMILES string of the molecule is Cc1nc2cc(C(=O)NCc3ccc4c(c3)OCO4)ccc2n1-c1cccc(F)c1. The molecule has 7 heteroatoms. The van der Waals surface area contributed by atoms with E-state index in [0.29, 0.717) is 40.6 Å². The van der Waals surface area contributed by atoms with Crippen LogP contribution in [0, 0.1) is 12.7 Å². The third-order valence-corrected chi connectivity index (χ3v) is 5.04. The number of nitrogens with one attached hydrogen (secondary N) is 1. The number of nitrogens with zero attached hydrogens (tertiary/aromatic N) is 2. The molecule has 0 spiro atoms. The number of aryl methyl sites for hydroxylation is 1. The lowest BCUT2D eigenvalue weighted by Gasteiger charge is -2.08. The van der Waals surface area contributed by atoms with E-state index in [0.717, 1.165) is 11.1 Å². The minimum atomic E-state index is -0.312. The van der Waals surface area contributed by atoms with E-state index < -0.39 is 0 Å². The number of halogens is 1. The third-order valence-electron chi connectivity index (χ3n) is 5.04. The largest absolute Gasteiger partial charge is 0.454 e. The van der Waals surface area contributed by atoms with Crippen molar-refractivity contribution in [2.75, 3.05) is 6.79 Å². The quantitative estimate of drug-likeness (QED) is 0.556. The highest BCUT2D eigenvalue weighted by Gasteiger charge is 2.15. The molecular weight excluding hydrogens is 385 g/mol. The van der Waals surface area contributed by atoms with Crippen LogP contribution in [0.2, 0.25) is 0 Å². The van der Waals surface area contributed by atoms with Crippen molar-refractivity contribution in [2.45, 2.75) is 13.5 Å². The van der Waals surface area contributed by atoms with E-state index in [1.54, 1.807) is 18.2 Å². The highest BCUT2D eigenvalue weighted by molar-refractivity contribution is 5.97. The maximum Gasteiger partial charge on any atom is 0.251 e. The van der Waals surface area contributed by atoms with Gasteiger partial charge in [-0.1, -0.05) is 12.1 Å². The molecule has 0 atom stereocenters. The zero-order valence-corrected chi connectivity index (χ0v) is 16.2. The molecule has 5 rings (SSSR count). The summed E-state index contributed by atoms with van der Waals surface area (Å²) in [6.45, 7) is 2.43. The highest BCUT2D eigenvalue weighted by atomic mass is 19.1. The molecular formula is C23H18FN3O3. The van der Waals surface area contributed by atoms with E-state index in [-0.39, 0.29) is 18.5 Å². The Hall–Kier alpha value is -3.87. The van der Waals surface area contributed by atoms with Crippen molar-refractivity contribution in [3.8, 4) is 17.2 Å². The summed E-state index contributed by atoms with van der Waals surface area (Å²) in [5.41, 5.74) is 3.60. The molecule has 30 heavy (non-hydrogen) atoms. The van der Waals surface area contributed by atoms with Crippen LogP contribution in [0.4, 0.5) is 4.39 Å². The van der Waals surface area contributed by atoms with Crippen molar-refractivity contribution < 1.29 is 18.7 Å². The van der Waals surface area contributed by atoms with Gasteiger partial charge in [-0.2, -0.15) is 0 Å². The van der Waals surface area contributed by atoms with E-state index in [1.165, 1.54) is 12.1 Å². The molecule has 2 heterocycles. The fourth-order valence-electron chi connectivity index (χ4n) is 3.62. The van der Waals surface area contributed by atoms with Crippen LogP contribution in [0.1, 0.15) is 21.7 Å². The van der Waals surface area contributed by atoms with Crippen LogP contribution in [0.15, 0.2) is 60.7 Å². The lowest BCUT2D eigenvalue weighted by atomic mass is 10.1. The van der Waals surface area contributed by atoms with Crippen LogP contribution in [0.5, 0.6) is 11.5 Å². The predicted octanol–water partition coefficient (Wildman–Crippen LogP) is 4.13. The number of aromatic nitrogens is 2. The lowest BCUT2D eigenvalue weighted by molar-refractivity contribution is 0.0951. The number of hydrogen-bond donors (Lipinski definition) is 1. The Morgan fingerprint density at radius 3 is 2.83 bits per heavy atom. The number of ether oxygens (including phenoxy) is 2. The number of imidazole rings is 1. The minimum absolute atomic E-state index is 0.201. The Morgan fingerprint density at radius 2 is 1.97 bits per heavy atom. The normalized spacial score (nSPS) is 12.3. The zero-order valence-electron chi connectivity index (χ0n) is 16.2. The van der Waals surface area contributed by atoms with Crippen molar-refractivity contribution in [3.63, 3.8) is 0 Å². The summed E-state index contributed by atoms with van der Waals surface area (Å²) in [5, 5.41) is 2.91. The summed E-state index contributed by atoms with van der Waals surface area (Å²) in [4.78, 5) is 17.2. The average Bonchev–Trinajstić information content (AvgIpc) is 3.34. The summed E-state index contributed by atoms with van der Waals surface area (Å²) in [5.74, 6) is 1.59. The van der Waals surface area contributed by atoms with Gasteiger partial charge < -0.3 is 14.8 Å². The average molecular weight is 403 g/mol. The van der Waals surface area contributed by atoms with Crippen molar-refractivity contribution in [1.29, 1.82) is 0 Å². The van der Waals surface area contributed by atoms with Crippen LogP contribution in [0.25, 0.3) is 16.7 Å². The van der Waals surface area contributed by atoms with Gasteiger partial charge in [0.05, 0.1) is 16.7 Å². The molecule has 0 radical (unpaired) electrons. The van der Waals surface area contributed by atoms with Crippen molar-refractivity contribution in [3.05, 3.63) is 83.4 Å². The molecule has 0 saturated carbocycles. The number of fused-ring (bicyclic) bond motifs is 2. The van der Waals surface area contributed by atoms with Crippen LogP contribution in [0.3, 0.4) is 0 Å². The molecule has 1 aromatic heterocycles. The maximum atomic E-state index is 13.7. The Kier molecular flexibility index (Phi) is 4.35. The number of amides is 1. The molecule has 1 N–H and O–H groups in total. The molecule has 4 aromatic rings. The van der Waals surface area contributed by atoms with Crippen LogP contribution >= 0.6 is 0 Å². The van der Waals surface area contributed by atoms with Gasteiger partial charge in [0.15, 0.2) is 11.5 Å². The monoisotopic (exact) mass is 403 g/mol. The number of hydrogen-bond acceptors (Lipinski definition) is 4. The molecule has 3 aromatic carbocycles. The molecule has 1 aliphatic heterocycles. The molecule has 6 nitrogen and oxygen atoms in total. The Morgan fingerprint density at radius 1 is 1.10 bits per heavy atom. The predicted molar refractivity (Wildman–Crippen MR) is 110 cm³/mol. The van der Waals surface area contributed by atoms with Gasteiger partial charge >= 0.3 is 0 Å². The Labute approximate surface area is 171 Å². The van der Waals surface area contributed by atoms with Crippen molar-refractivity contribution >= 4 is 16.9 Å². The first-order chi connectivity index (χ1) is 14.6. The molecule has 0 saturated heterocycles. The summed E-state index contributed by atoms with van der Waals surface area (Å²) in [7, 11) is 0.